The summed E-state index contributed by atoms with van der Waals surface area (Å²) in [5.41, 5.74) is 1.57. The Morgan fingerprint density at radius 3 is 2.75 bits per heavy atom. The number of hydrogen-bond donors (Lipinski definition) is 2. The van der Waals surface area contributed by atoms with Crippen LogP contribution in [0.5, 0.6) is 0 Å². The van der Waals surface area contributed by atoms with Crippen LogP contribution in [0.3, 0.4) is 0 Å². The minimum atomic E-state index is -0.866. The van der Waals surface area contributed by atoms with Crippen molar-refractivity contribution in [2.75, 3.05) is 6.54 Å². The zero-order chi connectivity index (χ0) is 16.9. The van der Waals surface area contributed by atoms with Crippen molar-refractivity contribution in [2.45, 2.75) is 12.6 Å². The van der Waals surface area contributed by atoms with Gasteiger partial charge in [-0.2, -0.15) is 0 Å². The van der Waals surface area contributed by atoms with Gasteiger partial charge in [0.1, 0.15) is 0 Å². The topological polar surface area (TPSA) is 97.1 Å². The maximum absolute atomic E-state index is 12.2. The molecule has 0 aliphatic heterocycles. The summed E-state index contributed by atoms with van der Waals surface area (Å²) in [7, 11) is 0. The van der Waals surface area contributed by atoms with E-state index in [1.807, 2.05) is 0 Å². The predicted molar refractivity (Wildman–Crippen MR) is 88.6 cm³/mol. The summed E-state index contributed by atoms with van der Waals surface area (Å²) in [6.45, 7) is 0.155. The fraction of sp³-hybridized carbons (Fsp3) is 0.176. The van der Waals surface area contributed by atoms with Crippen molar-refractivity contribution in [1.29, 1.82) is 0 Å². The fourth-order valence-electron chi connectivity index (χ4n) is 2.32. The molecular weight excluding hydrogens is 308 g/mol. The average Bonchev–Trinajstić information content (AvgIpc) is 2.61. The molecule has 0 radical (unpaired) electrons. The van der Waals surface area contributed by atoms with Gasteiger partial charge in [-0.3, -0.25) is 19.6 Å². The third kappa shape index (κ3) is 3.64. The van der Waals surface area contributed by atoms with E-state index >= 15 is 0 Å². The Morgan fingerprint density at radius 2 is 1.96 bits per heavy atom. The molecule has 2 heterocycles. The number of rotatable bonds is 5. The zero-order valence-corrected chi connectivity index (χ0v) is 12.8. The number of benzene rings is 1. The van der Waals surface area contributed by atoms with E-state index in [1.165, 1.54) is 10.6 Å². The zero-order valence-electron chi connectivity index (χ0n) is 12.8. The molecule has 1 aromatic carbocycles. The van der Waals surface area contributed by atoms with Crippen LogP contribution in [-0.4, -0.2) is 38.2 Å². The number of nitrogens with one attached hydrogen (secondary N) is 1. The molecule has 0 aliphatic rings. The van der Waals surface area contributed by atoms with Crippen molar-refractivity contribution < 1.29 is 9.90 Å². The molecule has 1 atom stereocenters. The fourth-order valence-corrected chi connectivity index (χ4v) is 2.32. The van der Waals surface area contributed by atoms with Crippen LogP contribution in [-0.2, 0) is 6.54 Å². The molecule has 7 nitrogen and oxygen atoms in total. The molecule has 1 unspecified atom stereocenters. The molecule has 7 heteroatoms. The second-order valence-electron chi connectivity index (χ2n) is 5.31. The number of carbonyl (C=O) groups excluding carboxylic acids is 1. The van der Waals surface area contributed by atoms with E-state index in [0.29, 0.717) is 16.6 Å². The Morgan fingerprint density at radius 1 is 1.17 bits per heavy atom. The van der Waals surface area contributed by atoms with Crippen LogP contribution < -0.4 is 10.9 Å². The summed E-state index contributed by atoms with van der Waals surface area (Å²) >= 11 is 0. The lowest BCUT2D eigenvalue weighted by atomic mass is 10.2. The maximum atomic E-state index is 12.2. The molecular formula is C17H16N4O3. The first-order valence-electron chi connectivity index (χ1n) is 7.46. The van der Waals surface area contributed by atoms with E-state index in [2.05, 4.69) is 15.3 Å². The van der Waals surface area contributed by atoms with E-state index in [4.69, 9.17) is 0 Å². The number of nitrogens with zero attached hydrogens (tertiary/aromatic N) is 3. The standard InChI is InChI=1S/C17H16N4O3/c22-13(11-21-8-2-1-3-16(21)23)10-20-17(24)12-4-5-14-15(9-12)19-7-6-18-14/h1-9,13,22H,10-11H2,(H,20,24). The van der Waals surface area contributed by atoms with Crippen LogP contribution in [0.4, 0.5) is 0 Å². The highest BCUT2D eigenvalue weighted by molar-refractivity contribution is 5.97. The van der Waals surface area contributed by atoms with Gasteiger partial charge in [0.05, 0.1) is 23.7 Å². The molecule has 3 aromatic rings. The SMILES string of the molecule is O=C(NCC(O)Cn1ccccc1=O)c1ccc2nccnc2c1. The van der Waals surface area contributed by atoms with E-state index in [-0.39, 0.29) is 24.6 Å². The molecule has 0 aliphatic carbocycles. The number of hydrogen-bond acceptors (Lipinski definition) is 5. The molecule has 122 valence electrons. The monoisotopic (exact) mass is 324 g/mol. The number of aliphatic hydroxyl groups is 1. The van der Waals surface area contributed by atoms with E-state index in [1.54, 1.807) is 48.9 Å². The number of aromatic nitrogens is 3. The Kier molecular flexibility index (Phi) is 4.62. The molecule has 0 bridgehead atoms. The Bertz CT molecular complexity index is 923. The van der Waals surface area contributed by atoms with Crippen LogP contribution in [0.1, 0.15) is 10.4 Å². The number of fused-ring (bicyclic) bond motifs is 1. The van der Waals surface area contributed by atoms with Gasteiger partial charge in [-0.25, -0.2) is 0 Å². The largest absolute Gasteiger partial charge is 0.389 e. The van der Waals surface area contributed by atoms with Gasteiger partial charge in [-0.1, -0.05) is 6.07 Å². The lowest BCUT2D eigenvalue weighted by Crippen LogP contribution is -2.36. The van der Waals surface area contributed by atoms with E-state index in [9.17, 15) is 14.7 Å². The van der Waals surface area contributed by atoms with Gasteiger partial charge in [0.25, 0.3) is 11.5 Å². The minimum Gasteiger partial charge on any atom is -0.389 e. The Labute approximate surface area is 137 Å². The van der Waals surface area contributed by atoms with Crippen molar-refractivity contribution in [3.05, 3.63) is 70.9 Å². The third-order valence-corrected chi connectivity index (χ3v) is 3.54. The number of amides is 1. The van der Waals surface area contributed by atoms with Crippen molar-refractivity contribution in [3.63, 3.8) is 0 Å². The van der Waals surface area contributed by atoms with Crippen molar-refractivity contribution in [2.24, 2.45) is 0 Å². The highest BCUT2D eigenvalue weighted by Gasteiger charge is 2.11. The van der Waals surface area contributed by atoms with Gasteiger partial charge in [0.2, 0.25) is 0 Å². The van der Waals surface area contributed by atoms with E-state index < -0.39 is 6.10 Å². The highest BCUT2D eigenvalue weighted by atomic mass is 16.3. The first-order chi connectivity index (χ1) is 11.6. The van der Waals surface area contributed by atoms with E-state index in [0.717, 1.165) is 0 Å². The second-order valence-corrected chi connectivity index (χ2v) is 5.31. The lowest BCUT2D eigenvalue weighted by molar-refractivity contribution is 0.0903. The Hall–Kier alpha value is -3.06. The lowest BCUT2D eigenvalue weighted by Gasteiger charge is -2.13. The van der Waals surface area contributed by atoms with Crippen molar-refractivity contribution >= 4 is 16.9 Å². The molecule has 24 heavy (non-hydrogen) atoms. The third-order valence-electron chi connectivity index (χ3n) is 3.54. The van der Waals surface area contributed by atoms with Crippen LogP contribution in [0.15, 0.2) is 59.8 Å². The first-order valence-corrected chi connectivity index (χ1v) is 7.46. The quantitative estimate of drug-likeness (QED) is 0.716. The van der Waals surface area contributed by atoms with Crippen molar-refractivity contribution in [1.82, 2.24) is 19.9 Å². The minimum absolute atomic E-state index is 0.0404. The van der Waals surface area contributed by atoms with Gasteiger partial charge in [-0.15, -0.1) is 0 Å². The van der Waals surface area contributed by atoms with Gasteiger partial charge in [0, 0.05) is 36.8 Å². The average molecular weight is 324 g/mol. The molecule has 2 N–H and O–H groups in total. The molecule has 0 saturated heterocycles. The van der Waals surface area contributed by atoms with Gasteiger partial charge >= 0.3 is 0 Å². The molecule has 0 saturated carbocycles. The van der Waals surface area contributed by atoms with Crippen LogP contribution >= 0.6 is 0 Å². The van der Waals surface area contributed by atoms with Crippen LogP contribution in [0.25, 0.3) is 11.0 Å². The summed E-state index contributed by atoms with van der Waals surface area (Å²) in [6, 6.07) is 9.78. The summed E-state index contributed by atoms with van der Waals surface area (Å²) in [5.74, 6) is -0.318. The molecule has 0 fully saturated rings. The molecule has 1 amide bonds. The summed E-state index contributed by atoms with van der Waals surface area (Å²) in [6.07, 6.45) is 3.87. The number of carbonyl (C=O) groups is 1. The smallest absolute Gasteiger partial charge is 0.251 e. The second kappa shape index (κ2) is 7.01. The molecule has 0 spiro atoms. The van der Waals surface area contributed by atoms with Crippen LogP contribution in [0.2, 0.25) is 0 Å². The summed E-state index contributed by atoms with van der Waals surface area (Å²) in [4.78, 5) is 32.1. The maximum Gasteiger partial charge on any atom is 0.251 e. The summed E-state index contributed by atoms with van der Waals surface area (Å²) in [5, 5.41) is 12.6. The molecule has 3 rings (SSSR count). The van der Waals surface area contributed by atoms with Crippen LogP contribution in [0, 0.1) is 0 Å². The Balaban J connectivity index is 1.62. The highest BCUT2D eigenvalue weighted by Crippen LogP contribution is 2.10. The predicted octanol–water partition coefficient (Wildman–Crippen LogP) is 0.582. The van der Waals surface area contributed by atoms with Gasteiger partial charge in [0.15, 0.2) is 0 Å². The number of aliphatic hydroxyl groups excluding tert-OH is 1. The van der Waals surface area contributed by atoms with Crippen molar-refractivity contribution in [3.8, 4) is 0 Å². The van der Waals surface area contributed by atoms with Gasteiger partial charge in [-0.05, 0) is 24.3 Å². The number of pyridine rings is 1. The molecule has 2 aromatic heterocycles. The first kappa shape index (κ1) is 15.8. The normalized spacial score (nSPS) is 12.0. The summed E-state index contributed by atoms with van der Waals surface area (Å²) < 4.78 is 1.39. The van der Waals surface area contributed by atoms with Gasteiger partial charge < -0.3 is 15.0 Å².